The average Bonchev–Trinajstić information content (AvgIpc) is 2.19. The highest BCUT2D eigenvalue weighted by Gasteiger charge is 2.32. The van der Waals surface area contributed by atoms with Gasteiger partial charge in [0.1, 0.15) is 0 Å². The molecule has 1 rings (SSSR count). The third-order valence-corrected chi connectivity index (χ3v) is 2.65. The first-order valence-electron chi connectivity index (χ1n) is 5.17. The molecule has 0 unspecified atom stereocenters. The highest BCUT2D eigenvalue weighted by Crippen LogP contribution is 2.11. The van der Waals surface area contributed by atoms with Gasteiger partial charge in [0.15, 0.2) is 0 Å². The van der Waals surface area contributed by atoms with Crippen LogP contribution in [0.15, 0.2) is 0 Å². The largest absolute Gasteiger partial charge is 0.466 e. The standard InChI is InChI=1S/C10H18N2O3/c1-4-15-9(13)7-8-10(14)12(3)6-5-11(8)2/h8H,4-7H2,1-3H3/t8-/m1/s1. The smallest absolute Gasteiger partial charge is 0.307 e. The molecular weight excluding hydrogens is 196 g/mol. The summed E-state index contributed by atoms with van der Waals surface area (Å²) in [6.45, 7) is 3.64. The molecule has 1 heterocycles. The van der Waals surface area contributed by atoms with Crippen molar-refractivity contribution in [2.24, 2.45) is 0 Å². The van der Waals surface area contributed by atoms with Gasteiger partial charge >= 0.3 is 5.97 Å². The van der Waals surface area contributed by atoms with Crippen molar-refractivity contribution in [1.29, 1.82) is 0 Å². The molecule has 1 saturated heterocycles. The highest BCUT2D eigenvalue weighted by molar-refractivity contribution is 5.87. The third kappa shape index (κ3) is 2.92. The van der Waals surface area contributed by atoms with E-state index in [4.69, 9.17) is 4.74 Å². The summed E-state index contributed by atoms with van der Waals surface area (Å²) in [5.74, 6) is -0.310. The van der Waals surface area contributed by atoms with Gasteiger partial charge in [-0.25, -0.2) is 0 Å². The Bertz CT molecular complexity index is 255. The summed E-state index contributed by atoms with van der Waals surface area (Å²) >= 11 is 0. The summed E-state index contributed by atoms with van der Waals surface area (Å²) in [4.78, 5) is 26.6. The summed E-state index contributed by atoms with van der Waals surface area (Å²) in [5.41, 5.74) is 0. The Kier molecular flexibility index (Phi) is 4.08. The van der Waals surface area contributed by atoms with Crippen molar-refractivity contribution >= 4 is 11.9 Å². The van der Waals surface area contributed by atoms with E-state index >= 15 is 0 Å². The number of piperazine rings is 1. The number of carbonyl (C=O) groups is 2. The summed E-state index contributed by atoms with van der Waals surface area (Å²) in [6.07, 6.45) is 0.146. The monoisotopic (exact) mass is 214 g/mol. The lowest BCUT2D eigenvalue weighted by atomic mass is 10.1. The Labute approximate surface area is 90.0 Å². The second-order valence-corrected chi connectivity index (χ2v) is 3.77. The average molecular weight is 214 g/mol. The van der Waals surface area contributed by atoms with Crippen molar-refractivity contribution in [3.63, 3.8) is 0 Å². The molecule has 0 radical (unpaired) electrons. The maximum absolute atomic E-state index is 11.8. The van der Waals surface area contributed by atoms with Crippen LogP contribution in [0.4, 0.5) is 0 Å². The van der Waals surface area contributed by atoms with Crippen molar-refractivity contribution in [3.8, 4) is 0 Å². The van der Waals surface area contributed by atoms with Crippen LogP contribution in [0, 0.1) is 0 Å². The molecule has 1 fully saturated rings. The molecule has 0 aromatic heterocycles. The molecule has 0 N–H and O–H groups in total. The predicted octanol–water partition coefficient (Wildman–Crippen LogP) is -0.288. The maximum Gasteiger partial charge on any atom is 0.307 e. The van der Waals surface area contributed by atoms with Gasteiger partial charge in [-0.05, 0) is 14.0 Å². The molecular formula is C10H18N2O3. The molecule has 1 aliphatic rings. The zero-order valence-electron chi connectivity index (χ0n) is 9.52. The second kappa shape index (κ2) is 5.11. The third-order valence-electron chi connectivity index (χ3n) is 2.65. The number of rotatable bonds is 3. The lowest BCUT2D eigenvalue weighted by Crippen LogP contribution is -2.54. The summed E-state index contributed by atoms with van der Waals surface area (Å²) in [7, 11) is 3.61. The lowest BCUT2D eigenvalue weighted by Gasteiger charge is -2.36. The summed E-state index contributed by atoms with van der Waals surface area (Å²) in [5, 5.41) is 0. The molecule has 1 amide bonds. The van der Waals surface area contributed by atoms with Crippen LogP contribution in [0.5, 0.6) is 0 Å². The number of carbonyl (C=O) groups excluding carboxylic acids is 2. The molecule has 5 nitrogen and oxygen atoms in total. The van der Waals surface area contributed by atoms with Gasteiger partial charge in [-0.1, -0.05) is 0 Å². The fourth-order valence-corrected chi connectivity index (χ4v) is 1.64. The molecule has 1 atom stereocenters. The van der Waals surface area contributed by atoms with E-state index < -0.39 is 0 Å². The van der Waals surface area contributed by atoms with Crippen molar-refractivity contribution in [2.75, 3.05) is 33.8 Å². The molecule has 86 valence electrons. The van der Waals surface area contributed by atoms with E-state index in [0.29, 0.717) is 13.2 Å². The first-order valence-corrected chi connectivity index (χ1v) is 5.17. The van der Waals surface area contributed by atoms with Crippen LogP contribution in [-0.2, 0) is 14.3 Å². The van der Waals surface area contributed by atoms with Crippen LogP contribution >= 0.6 is 0 Å². The van der Waals surface area contributed by atoms with Gasteiger partial charge in [-0.2, -0.15) is 0 Å². The maximum atomic E-state index is 11.8. The van der Waals surface area contributed by atoms with Crippen LogP contribution in [-0.4, -0.2) is 61.5 Å². The Hall–Kier alpha value is -1.10. The molecule has 0 spiro atoms. The number of ether oxygens (including phenoxy) is 1. The predicted molar refractivity (Wildman–Crippen MR) is 55.3 cm³/mol. The van der Waals surface area contributed by atoms with E-state index in [1.165, 1.54) is 0 Å². The minimum absolute atomic E-state index is 0.00296. The number of amides is 1. The zero-order chi connectivity index (χ0) is 11.4. The van der Waals surface area contributed by atoms with E-state index in [1.807, 2.05) is 11.9 Å². The quantitative estimate of drug-likeness (QED) is 0.606. The number of nitrogens with zero attached hydrogens (tertiary/aromatic N) is 2. The van der Waals surface area contributed by atoms with Crippen molar-refractivity contribution in [1.82, 2.24) is 9.80 Å². The van der Waals surface area contributed by atoms with Crippen LogP contribution in [0.1, 0.15) is 13.3 Å². The van der Waals surface area contributed by atoms with Gasteiger partial charge in [0.25, 0.3) is 0 Å². The second-order valence-electron chi connectivity index (χ2n) is 3.77. The summed E-state index contributed by atoms with van der Waals surface area (Å²) in [6, 6.07) is -0.359. The first-order chi connectivity index (χ1) is 7.06. The minimum Gasteiger partial charge on any atom is -0.466 e. The Balaban J connectivity index is 2.57. The molecule has 0 saturated carbocycles. The van der Waals surface area contributed by atoms with E-state index in [-0.39, 0.29) is 24.3 Å². The minimum atomic E-state index is -0.359. The van der Waals surface area contributed by atoms with Gasteiger partial charge in [0, 0.05) is 20.1 Å². The van der Waals surface area contributed by atoms with Gasteiger partial charge in [0.2, 0.25) is 5.91 Å². The van der Waals surface area contributed by atoms with Crippen LogP contribution in [0.3, 0.4) is 0 Å². The molecule has 0 aromatic carbocycles. The molecule has 0 aromatic rings. The van der Waals surface area contributed by atoms with E-state index in [0.717, 1.165) is 6.54 Å². The zero-order valence-corrected chi connectivity index (χ0v) is 9.52. The number of hydrogen-bond acceptors (Lipinski definition) is 4. The Morgan fingerprint density at radius 3 is 2.73 bits per heavy atom. The lowest BCUT2D eigenvalue weighted by molar-refractivity contribution is -0.151. The van der Waals surface area contributed by atoms with Gasteiger partial charge < -0.3 is 9.64 Å². The number of likely N-dealkylation sites (N-methyl/N-ethyl adjacent to an activating group) is 2. The molecule has 15 heavy (non-hydrogen) atoms. The van der Waals surface area contributed by atoms with Crippen molar-refractivity contribution < 1.29 is 14.3 Å². The Morgan fingerprint density at radius 2 is 2.13 bits per heavy atom. The van der Waals surface area contributed by atoms with Crippen LogP contribution in [0.25, 0.3) is 0 Å². The van der Waals surface area contributed by atoms with Crippen LogP contribution in [0.2, 0.25) is 0 Å². The normalized spacial score (nSPS) is 23.0. The fourth-order valence-electron chi connectivity index (χ4n) is 1.64. The molecule has 0 aliphatic carbocycles. The Morgan fingerprint density at radius 1 is 1.47 bits per heavy atom. The van der Waals surface area contributed by atoms with Gasteiger partial charge in [0.05, 0.1) is 19.1 Å². The van der Waals surface area contributed by atoms with E-state index in [2.05, 4.69) is 0 Å². The van der Waals surface area contributed by atoms with E-state index in [1.54, 1.807) is 18.9 Å². The molecule has 0 bridgehead atoms. The van der Waals surface area contributed by atoms with Gasteiger partial charge in [-0.15, -0.1) is 0 Å². The topological polar surface area (TPSA) is 49.9 Å². The highest BCUT2D eigenvalue weighted by atomic mass is 16.5. The van der Waals surface area contributed by atoms with Crippen molar-refractivity contribution in [2.45, 2.75) is 19.4 Å². The first kappa shape index (κ1) is 12.0. The number of hydrogen-bond donors (Lipinski definition) is 0. The summed E-state index contributed by atoms with van der Waals surface area (Å²) < 4.78 is 4.84. The van der Waals surface area contributed by atoms with Crippen LogP contribution < -0.4 is 0 Å². The van der Waals surface area contributed by atoms with Gasteiger partial charge in [-0.3, -0.25) is 14.5 Å². The van der Waals surface area contributed by atoms with Crippen molar-refractivity contribution in [3.05, 3.63) is 0 Å². The van der Waals surface area contributed by atoms with E-state index in [9.17, 15) is 9.59 Å². The molecule has 5 heteroatoms. The SMILES string of the molecule is CCOC(=O)C[C@@H]1C(=O)N(C)CCN1C. The fraction of sp³-hybridized carbons (Fsp3) is 0.800. The molecule has 1 aliphatic heterocycles. The number of esters is 1.